The summed E-state index contributed by atoms with van der Waals surface area (Å²) in [5.74, 6) is 0.415. The Labute approximate surface area is 136 Å². The van der Waals surface area contributed by atoms with Crippen LogP contribution in [0.1, 0.15) is 17.5 Å². The molecule has 126 valence electrons. The molecule has 2 aromatic rings. The molecule has 7 heteroatoms. The molecule has 3 rings (SSSR count). The number of hydrogen-bond acceptors (Lipinski definition) is 4. The van der Waals surface area contributed by atoms with Gasteiger partial charge in [0.1, 0.15) is 18.4 Å². The van der Waals surface area contributed by atoms with Gasteiger partial charge in [0.05, 0.1) is 17.4 Å². The molecule has 0 aliphatic carbocycles. The van der Waals surface area contributed by atoms with Crippen LogP contribution in [0.25, 0.3) is 0 Å². The first-order valence-electron chi connectivity index (χ1n) is 7.46. The number of carbonyl (C=O) groups is 1. The first-order chi connectivity index (χ1) is 11.4. The Balaban J connectivity index is 1.65. The van der Waals surface area contributed by atoms with Gasteiger partial charge in [0.2, 0.25) is 0 Å². The second-order valence-corrected chi connectivity index (χ2v) is 5.50. The maximum absolute atomic E-state index is 13.0. The minimum absolute atomic E-state index is 0.00369. The number of fused-ring (bicyclic) bond motifs is 1. The summed E-state index contributed by atoms with van der Waals surface area (Å²) in [6, 6.07) is 6.42. The quantitative estimate of drug-likeness (QED) is 0.929. The second kappa shape index (κ2) is 6.51. The molecule has 0 bridgehead atoms. The van der Waals surface area contributed by atoms with Gasteiger partial charge in [-0.1, -0.05) is 18.2 Å². The van der Waals surface area contributed by atoms with E-state index >= 15 is 0 Å². The van der Waals surface area contributed by atoms with Gasteiger partial charge in [-0.3, -0.25) is 9.78 Å². The van der Waals surface area contributed by atoms with E-state index < -0.39 is 17.8 Å². The Morgan fingerprint density at radius 2 is 2.08 bits per heavy atom. The van der Waals surface area contributed by atoms with Gasteiger partial charge in [0.15, 0.2) is 5.78 Å². The predicted molar refractivity (Wildman–Crippen MR) is 81.9 cm³/mol. The fourth-order valence-electron chi connectivity index (χ4n) is 2.64. The Morgan fingerprint density at radius 1 is 1.29 bits per heavy atom. The summed E-state index contributed by atoms with van der Waals surface area (Å²) < 4.78 is 44.4. The van der Waals surface area contributed by atoms with Crippen molar-refractivity contribution in [3.05, 3.63) is 53.9 Å². The first kappa shape index (κ1) is 16.3. The third kappa shape index (κ3) is 3.50. The Kier molecular flexibility index (Phi) is 4.42. The van der Waals surface area contributed by atoms with E-state index in [1.807, 2.05) is 0 Å². The monoisotopic (exact) mass is 336 g/mol. The standard InChI is InChI=1S/C17H15F3N2O2/c18-17(19,20)12-4-2-1-3-11(12)5-6-15(23)14-10-24-16-7-8-21-9-13(16)22-14/h1-4,7-9,14,22H,5-6,10H2. The maximum atomic E-state index is 13.0. The molecule has 2 heterocycles. The van der Waals surface area contributed by atoms with Crippen molar-refractivity contribution in [3.8, 4) is 5.75 Å². The minimum atomic E-state index is -4.42. The summed E-state index contributed by atoms with van der Waals surface area (Å²) in [6.45, 7) is 0.150. The average Bonchev–Trinajstić information content (AvgIpc) is 2.58. The highest BCUT2D eigenvalue weighted by molar-refractivity contribution is 5.88. The van der Waals surface area contributed by atoms with E-state index in [1.165, 1.54) is 12.1 Å². The lowest BCUT2D eigenvalue weighted by Crippen LogP contribution is -2.38. The number of aryl methyl sites for hydroxylation is 1. The number of ketones is 1. The molecular formula is C17H15F3N2O2. The summed E-state index contributed by atoms with van der Waals surface area (Å²) in [5.41, 5.74) is 0.0372. The Hall–Kier alpha value is -2.57. The van der Waals surface area contributed by atoms with Crippen LogP contribution >= 0.6 is 0 Å². The number of rotatable bonds is 4. The van der Waals surface area contributed by atoms with Crippen LogP contribution < -0.4 is 10.1 Å². The number of Topliss-reactive ketones (excluding diaryl/α,β-unsaturated/α-hetero) is 1. The van der Waals surface area contributed by atoms with Crippen LogP contribution in [0.4, 0.5) is 18.9 Å². The molecule has 1 aromatic carbocycles. The van der Waals surface area contributed by atoms with Gasteiger partial charge in [0.25, 0.3) is 0 Å². The summed E-state index contributed by atoms with van der Waals surface area (Å²) >= 11 is 0. The van der Waals surface area contributed by atoms with E-state index in [1.54, 1.807) is 24.5 Å². The molecular weight excluding hydrogens is 321 g/mol. The normalized spacial score (nSPS) is 16.7. The van der Waals surface area contributed by atoms with E-state index in [0.29, 0.717) is 11.4 Å². The smallest absolute Gasteiger partial charge is 0.416 e. The van der Waals surface area contributed by atoms with Crippen molar-refractivity contribution in [3.63, 3.8) is 0 Å². The van der Waals surface area contributed by atoms with Gasteiger partial charge in [-0.25, -0.2) is 0 Å². The Bertz CT molecular complexity index is 747. The van der Waals surface area contributed by atoms with Crippen LogP contribution in [-0.2, 0) is 17.4 Å². The van der Waals surface area contributed by atoms with Crippen molar-refractivity contribution >= 4 is 11.5 Å². The number of pyridine rings is 1. The zero-order valence-corrected chi connectivity index (χ0v) is 12.6. The van der Waals surface area contributed by atoms with Crippen LogP contribution in [0.2, 0.25) is 0 Å². The molecule has 1 atom stereocenters. The van der Waals surface area contributed by atoms with E-state index in [0.717, 1.165) is 6.07 Å². The molecule has 0 spiro atoms. The molecule has 1 unspecified atom stereocenters. The van der Waals surface area contributed by atoms with Crippen LogP contribution in [0, 0.1) is 0 Å². The molecule has 1 aliphatic rings. The van der Waals surface area contributed by atoms with Crippen LogP contribution in [0.5, 0.6) is 5.75 Å². The number of nitrogens with one attached hydrogen (secondary N) is 1. The fraction of sp³-hybridized carbons (Fsp3) is 0.294. The highest BCUT2D eigenvalue weighted by atomic mass is 19.4. The number of carbonyl (C=O) groups excluding carboxylic acids is 1. The third-order valence-corrected chi connectivity index (χ3v) is 3.87. The highest BCUT2D eigenvalue weighted by Gasteiger charge is 2.33. The maximum Gasteiger partial charge on any atom is 0.416 e. The number of alkyl halides is 3. The molecule has 0 radical (unpaired) electrons. The largest absolute Gasteiger partial charge is 0.489 e. The SMILES string of the molecule is O=C(CCc1ccccc1C(F)(F)F)C1COc2ccncc2N1. The van der Waals surface area contributed by atoms with Gasteiger partial charge < -0.3 is 10.1 Å². The molecule has 1 aliphatic heterocycles. The summed E-state index contributed by atoms with van der Waals surface area (Å²) in [4.78, 5) is 16.2. The van der Waals surface area contributed by atoms with E-state index in [2.05, 4.69) is 10.3 Å². The Morgan fingerprint density at radius 3 is 2.88 bits per heavy atom. The average molecular weight is 336 g/mol. The molecule has 0 fully saturated rings. The van der Waals surface area contributed by atoms with E-state index in [-0.39, 0.29) is 30.8 Å². The fourth-order valence-corrected chi connectivity index (χ4v) is 2.64. The third-order valence-electron chi connectivity index (χ3n) is 3.87. The van der Waals surface area contributed by atoms with Gasteiger partial charge in [-0.15, -0.1) is 0 Å². The van der Waals surface area contributed by atoms with Crippen molar-refractivity contribution in [2.75, 3.05) is 11.9 Å². The second-order valence-electron chi connectivity index (χ2n) is 5.50. The molecule has 0 amide bonds. The van der Waals surface area contributed by atoms with Crippen molar-refractivity contribution in [2.24, 2.45) is 0 Å². The van der Waals surface area contributed by atoms with Gasteiger partial charge in [-0.05, 0) is 18.1 Å². The highest BCUT2D eigenvalue weighted by Crippen LogP contribution is 2.32. The van der Waals surface area contributed by atoms with Crippen LogP contribution in [-0.4, -0.2) is 23.4 Å². The number of nitrogens with zero attached hydrogens (tertiary/aromatic N) is 1. The number of halogens is 3. The van der Waals surface area contributed by atoms with Gasteiger partial charge in [-0.2, -0.15) is 13.2 Å². The number of aromatic nitrogens is 1. The van der Waals surface area contributed by atoms with Crippen LogP contribution in [0.3, 0.4) is 0 Å². The summed E-state index contributed by atoms with van der Waals surface area (Å²) in [5, 5.41) is 3.02. The van der Waals surface area contributed by atoms with E-state index in [4.69, 9.17) is 4.74 Å². The van der Waals surface area contributed by atoms with E-state index in [9.17, 15) is 18.0 Å². The van der Waals surface area contributed by atoms with Gasteiger partial charge in [0, 0.05) is 18.7 Å². The summed E-state index contributed by atoms with van der Waals surface area (Å²) in [7, 11) is 0. The first-order valence-corrected chi connectivity index (χ1v) is 7.46. The zero-order chi connectivity index (χ0) is 17.2. The van der Waals surface area contributed by atoms with Crippen molar-refractivity contribution in [1.29, 1.82) is 0 Å². The molecule has 0 saturated carbocycles. The lowest BCUT2D eigenvalue weighted by molar-refractivity contribution is -0.138. The van der Waals surface area contributed by atoms with Crippen molar-refractivity contribution in [1.82, 2.24) is 4.98 Å². The molecule has 4 nitrogen and oxygen atoms in total. The lowest BCUT2D eigenvalue weighted by Gasteiger charge is -2.26. The zero-order valence-electron chi connectivity index (χ0n) is 12.6. The number of ether oxygens (including phenoxy) is 1. The number of hydrogen-bond donors (Lipinski definition) is 1. The predicted octanol–water partition coefficient (Wildman–Crippen LogP) is 3.48. The number of anilines is 1. The van der Waals surface area contributed by atoms with Crippen LogP contribution in [0.15, 0.2) is 42.7 Å². The number of benzene rings is 1. The van der Waals surface area contributed by atoms with Gasteiger partial charge >= 0.3 is 6.18 Å². The molecule has 1 aromatic heterocycles. The van der Waals surface area contributed by atoms with Crippen molar-refractivity contribution in [2.45, 2.75) is 25.1 Å². The molecule has 0 saturated heterocycles. The molecule has 24 heavy (non-hydrogen) atoms. The minimum Gasteiger partial charge on any atom is -0.489 e. The van der Waals surface area contributed by atoms with Crippen molar-refractivity contribution < 1.29 is 22.7 Å². The topological polar surface area (TPSA) is 51.2 Å². The lowest BCUT2D eigenvalue weighted by atomic mass is 9.98. The summed E-state index contributed by atoms with van der Waals surface area (Å²) in [6.07, 6.45) is -1.25. The molecule has 1 N–H and O–H groups in total.